The van der Waals surface area contributed by atoms with Crippen molar-refractivity contribution < 1.29 is 31.1 Å². The summed E-state index contributed by atoms with van der Waals surface area (Å²) >= 11 is 0. The molecule has 0 aromatic heterocycles. The molecule has 0 unspecified atom stereocenters. The van der Waals surface area contributed by atoms with E-state index >= 15 is 0 Å². The van der Waals surface area contributed by atoms with Gasteiger partial charge in [0.05, 0.1) is 12.4 Å². The normalized spacial score (nSPS) is 18.0. The van der Waals surface area contributed by atoms with Crippen molar-refractivity contribution in [3.05, 3.63) is 12.8 Å². The zero-order valence-corrected chi connectivity index (χ0v) is 11.6. The van der Waals surface area contributed by atoms with Gasteiger partial charge in [-0.05, 0) is 39.5 Å². The van der Waals surface area contributed by atoms with Crippen molar-refractivity contribution in [1.82, 2.24) is 0 Å². The Morgan fingerprint density at radius 3 is 1.55 bits per heavy atom. The Balaban J connectivity index is 0.000000367. The molecule has 0 saturated heterocycles. The van der Waals surface area contributed by atoms with Crippen LogP contribution in [0.2, 0.25) is 0 Å². The van der Waals surface area contributed by atoms with Crippen molar-refractivity contribution in [3.63, 3.8) is 0 Å². The lowest BCUT2D eigenvalue weighted by Gasteiger charge is -2.29. The first-order valence-electron chi connectivity index (χ1n) is 6.33. The molecule has 1 aliphatic carbocycles. The summed E-state index contributed by atoms with van der Waals surface area (Å²) in [6, 6.07) is 0. The fourth-order valence-corrected chi connectivity index (χ4v) is 1.50. The first-order chi connectivity index (χ1) is 8.93. The average molecular weight is 306 g/mol. The summed E-state index contributed by atoms with van der Waals surface area (Å²) in [6.07, 6.45) is -1.94. The summed E-state index contributed by atoms with van der Waals surface area (Å²) in [5, 5.41) is 0. The third kappa shape index (κ3) is 5.63. The molecule has 0 heterocycles. The Bertz CT molecular complexity index is 270. The molecule has 0 aromatic carbocycles. The van der Waals surface area contributed by atoms with Gasteiger partial charge in [0, 0.05) is 0 Å². The molecule has 0 atom stereocenters. The number of ether oxygens (including phenoxy) is 1. The molecule has 0 radical (unpaired) electrons. The van der Waals surface area contributed by atoms with Crippen LogP contribution in [0.15, 0.2) is 12.8 Å². The van der Waals surface area contributed by atoms with E-state index in [2.05, 4.69) is 6.58 Å². The number of hydrogen-bond acceptors (Lipinski definition) is 1. The number of hydrogen-bond donors (Lipinski definition) is 0. The highest BCUT2D eigenvalue weighted by atomic mass is 19.4. The molecule has 1 nitrogen and oxygen atoms in total. The SMILES string of the molecule is C=COC1CCCCC1.CC(C)(C(F)(F)F)C(F)(F)F. The molecule has 0 aromatic rings. The average Bonchev–Trinajstić information content (AvgIpc) is 2.28. The first-order valence-corrected chi connectivity index (χ1v) is 6.33. The second-order valence-corrected chi connectivity index (χ2v) is 5.18. The molecule has 0 bridgehead atoms. The fourth-order valence-electron chi connectivity index (χ4n) is 1.50. The van der Waals surface area contributed by atoms with Crippen LogP contribution in [-0.2, 0) is 4.74 Å². The van der Waals surface area contributed by atoms with Gasteiger partial charge >= 0.3 is 12.4 Å². The van der Waals surface area contributed by atoms with Crippen LogP contribution in [0.4, 0.5) is 26.3 Å². The zero-order chi connectivity index (χ0) is 16.0. The van der Waals surface area contributed by atoms with Crippen LogP contribution >= 0.6 is 0 Å². The van der Waals surface area contributed by atoms with E-state index < -0.39 is 17.8 Å². The summed E-state index contributed by atoms with van der Waals surface area (Å²) < 4.78 is 74.9. The van der Waals surface area contributed by atoms with E-state index in [-0.39, 0.29) is 13.8 Å². The van der Waals surface area contributed by atoms with Gasteiger partial charge in [-0.3, -0.25) is 0 Å². The molecule has 0 N–H and O–H groups in total. The molecule has 0 aliphatic heterocycles. The molecule has 1 aliphatic rings. The maximum absolute atomic E-state index is 11.6. The Hall–Kier alpha value is -0.880. The van der Waals surface area contributed by atoms with Crippen molar-refractivity contribution in [2.45, 2.75) is 64.4 Å². The standard InChI is InChI=1S/C8H14O.C5H6F6/c1-2-9-8-6-4-3-5-7-8;1-3(2,4(6,7)8)5(9,10)11/h2,8H,1,3-7H2;1-2H3. The lowest BCUT2D eigenvalue weighted by atomic mass is 9.92. The Labute approximate surface area is 115 Å². The van der Waals surface area contributed by atoms with Crippen molar-refractivity contribution in [3.8, 4) is 0 Å². The van der Waals surface area contributed by atoms with Gasteiger partial charge in [0.2, 0.25) is 0 Å². The van der Waals surface area contributed by atoms with Gasteiger partial charge < -0.3 is 4.74 Å². The van der Waals surface area contributed by atoms with Crippen molar-refractivity contribution in [1.29, 1.82) is 0 Å². The highest BCUT2D eigenvalue weighted by Gasteiger charge is 2.64. The molecular weight excluding hydrogens is 286 g/mol. The van der Waals surface area contributed by atoms with Crippen LogP contribution in [0.5, 0.6) is 0 Å². The summed E-state index contributed by atoms with van der Waals surface area (Å²) in [5.41, 5.74) is -3.62. The minimum atomic E-state index is -5.24. The number of alkyl halides is 6. The molecule has 1 fully saturated rings. The summed E-state index contributed by atoms with van der Waals surface area (Å²) in [4.78, 5) is 0. The lowest BCUT2D eigenvalue weighted by Crippen LogP contribution is -2.44. The quantitative estimate of drug-likeness (QED) is 0.475. The molecule has 0 amide bonds. The highest BCUT2D eigenvalue weighted by molar-refractivity contribution is 4.84. The van der Waals surface area contributed by atoms with Crippen LogP contribution in [0.25, 0.3) is 0 Å². The number of halogens is 6. The van der Waals surface area contributed by atoms with Crippen molar-refractivity contribution in [2.75, 3.05) is 0 Å². The molecule has 1 rings (SSSR count). The zero-order valence-electron chi connectivity index (χ0n) is 11.6. The fraction of sp³-hybridized carbons (Fsp3) is 0.846. The topological polar surface area (TPSA) is 9.23 Å². The van der Waals surface area contributed by atoms with Gasteiger partial charge in [0.1, 0.15) is 0 Å². The smallest absolute Gasteiger partial charge is 0.402 e. The third-order valence-corrected chi connectivity index (χ3v) is 3.26. The Morgan fingerprint density at radius 1 is 0.900 bits per heavy atom. The van der Waals surface area contributed by atoms with Gasteiger partial charge in [-0.1, -0.05) is 13.0 Å². The maximum atomic E-state index is 11.6. The third-order valence-electron chi connectivity index (χ3n) is 3.26. The summed E-state index contributed by atoms with van der Waals surface area (Å²) in [5.74, 6) is 0. The monoisotopic (exact) mass is 306 g/mol. The van der Waals surface area contributed by atoms with E-state index in [1.807, 2.05) is 0 Å². The molecule has 20 heavy (non-hydrogen) atoms. The first kappa shape index (κ1) is 19.1. The second kappa shape index (κ2) is 7.22. The van der Waals surface area contributed by atoms with Crippen LogP contribution in [-0.4, -0.2) is 18.5 Å². The summed E-state index contributed by atoms with van der Waals surface area (Å²) in [6.45, 7) is 3.74. The van der Waals surface area contributed by atoms with Crippen molar-refractivity contribution >= 4 is 0 Å². The van der Waals surface area contributed by atoms with Gasteiger partial charge in [-0.2, -0.15) is 26.3 Å². The lowest BCUT2D eigenvalue weighted by molar-refractivity contribution is -0.327. The minimum Gasteiger partial charge on any atom is -0.499 e. The number of rotatable bonds is 2. The minimum absolute atomic E-state index is 0.104. The van der Waals surface area contributed by atoms with E-state index in [1.165, 1.54) is 32.1 Å². The van der Waals surface area contributed by atoms with Crippen LogP contribution < -0.4 is 0 Å². The van der Waals surface area contributed by atoms with Crippen LogP contribution in [0.1, 0.15) is 46.0 Å². The van der Waals surface area contributed by atoms with E-state index in [0.29, 0.717) is 6.10 Å². The van der Waals surface area contributed by atoms with Gasteiger partial charge in [0.15, 0.2) is 5.41 Å². The van der Waals surface area contributed by atoms with Crippen LogP contribution in [0, 0.1) is 5.41 Å². The highest BCUT2D eigenvalue weighted by Crippen LogP contribution is 2.49. The summed E-state index contributed by atoms with van der Waals surface area (Å²) in [7, 11) is 0. The largest absolute Gasteiger partial charge is 0.499 e. The van der Waals surface area contributed by atoms with E-state index in [4.69, 9.17) is 4.74 Å². The van der Waals surface area contributed by atoms with Crippen molar-refractivity contribution in [2.24, 2.45) is 5.41 Å². The predicted molar refractivity (Wildman–Crippen MR) is 64.0 cm³/mol. The predicted octanol–water partition coefficient (Wildman–Crippen LogP) is 5.62. The van der Waals surface area contributed by atoms with E-state index in [1.54, 1.807) is 6.26 Å². The molecule has 1 saturated carbocycles. The van der Waals surface area contributed by atoms with E-state index in [9.17, 15) is 26.3 Å². The molecule has 120 valence electrons. The second-order valence-electron chi connectivity index (χ2n) is 5.18. The van der Waals surface area contributed by atoms with Gasteiger partial charge in [-0.25, -0.2) is 0 Å². The van der Waals surface area contributed by atoms with Gasteiger partial charge in [-0.15, -0.1) is 0 Å². The Morgan fingerprint density at radius 2 is 1.30 bits per heavy atom. The molecular formula is C13H20F6O. The Kier molecular flexibility index (Phi) is 6.90. The molecule has 7 heteroatoms. The van der Waals surface area contributed by atoms with E-state index in [0.717, 1.165) is 0 Å². The molecule has 0 spiro atoms. The maximum Gasteiger partial charge on any atom is 0.402 e. The van der Waals surface area contributed by atoms with Crippen LogP contribution in [0.3, 0.4) is 0 Å². The van der Waals surface area contributed by atoms with Gasteiger partial charge in [0.25, 0.3) is 0 Å².